The molecule has 29 heavy (non-hydrogen) atoms. The van der Waals surface area contributed by atoms with E-state index in [1.54, 1.807) is 23.4 Å². The number of amides is 1. The van der Waals surface area contributed by atoms with Crippen LogP contribution in [-0.4, -0.2) is 53.9 Å². The number of aryl methyl sites for hydroxylation is 2. The number of rotatable bonds is 6. The van der Waals surface area contributed by atoms with Gasteiger partial charge in [0.25, 0.3) is 11.7 Å². The Bertz CT molecular complexity index is 951. The Balaban J connectivity index is 2.12. The molecule has 0 bridgehead atoms. The van der Waals surface area contributed by atoms with Crippen LogP contribution in [0.4, 0.5) is 0 Å². The van der Waals surface area contributed by atoms with Crippen molar-refractivity contribution in [3.05, 3.63) is 70.6 Å². The fraction of sp³-hybridized carbons (Fsp3) is 0.348. The highest BCUT2D eigenvalue weighted by Crippen LogP contribution is 2.39. The predicted octanol–water partition coefficient (Wildman–Crippen LogP) is 1.65. The maximum absolute atomic E-state index is 13.0. The van der Waals surface area contributed by atoms with Crippen LogP contribution in [0.5, 0.6) is 0 Å². The summed E-state index contributed by atoms with van der Waals surface area (Å²) in [7, 11) is 4.10. The van der Waals surface area contributed by atoms with Gasteiger partial charge in [0.05, 0.1) is 32.3 Å². The average molecular weight is 394 g/mol. The molecule has 0 aliphatic carbocycles. The predicted molar refractivity (Wildman–Crippen MR) is 111 cm³/mol. The van der Waals surface area contributed by atoms with Gasteiger partial charge < -0.3 is 14.9 Å². The van der Waals surface area contributed by atoms with Crippen LogP contribution in [0.1, 0.15) is 34.7 Å². The Morgan fingerprint density at radius 1 is 1.21 bits per heavy atom. The SMILES string of the molecule is Cc1ccc(C)c(C(O)=C2C(=O)C(=O)N(CCC[NH+](C)C)[C@@H]2c2cccnc2)c1. The maximum atomic E-state index is 13.0. The van der Waals surface area contributed by atoms with Crippen molar-refractivity contribution in [1.82, 2.24) is 9.88 Å². The number of aromatic nitrogens is 1. The van der Waals surface area contributed by atoms with Gasteiger partial charge in [0.2, 0.25) is 0 Å². The first-order valence-electron chi connectivity index (χ1n) is 9.86. The molecule has 2 N–H and O–H groups in total. The number of benzene rings is 1. The normalized spacial score (nSPS) is 18.7. The molecule has 1 aliphatic rings. The van der Waals surface area contributed by atoms with Crippen LogP contribution < -0.4 is 4.90 Å². The molecule has 1 fully saturated rings. The zero-order valence-corrected chi connectivity index (χ0v) is 17.4. The molecule has 0 spiro atoms. The highest BCUT2D eigenvalue weighted by atomic mass is 16.3. The lowest BCUT2D eigenvalue weighted by Crippen LogP contribution is -3.05. The molecule has 6 heteroatoms. The third-order valence-electron chi connectivity index (χ3n) is 5.26. The second kappa shape index (κ2) is 8.57. The van der Waals surface area contributed by atoms with Gasteiger partial charge in [-0.25, -0.2) is 0 Å². The van der Waals surface area contributed by atoms with Crippen molar-refractivity contribution in [2.24, 2.45) is 0 Å². The summed E-state index contributed by atoms with van der Waals surface area (Å²) in [6, 6.07) is 8.67. The summed E-state index contributed by atoms with van der Waals surface area (Å²) in [6.07, 6.45) is 4.06. The Morgan fingerprint density at radius 3 is 2.62 bits per heavy atom. The standard InChI is InChI=1S/C23H27N3O3/c1-15-8-9-16(2)18(13-15)21(27)19-20(17-7-5-10-24-14-17)26(23(29)22(19)28)12-6-11-25(3)4/h5,7-10,13-14,20,27H,6,11-12H2,1-4H3/p+1/t20-/m1/s1. The van der Waals surface area contributed by atoms with Crippen molar-refractivity contribution in [1.29, 1.82) is 0 Å². The summed E-state index contributed by atoms with van der Waals surface area (Å²) in [4.78, 5) is 32.8. The fourth-order valence-corrected chi connectivity index (χ4v) is 3.73. The molecule has 6 nitrogen and oxygen atoms in total. The summed E-state index contributed by atoms with van der Waals surface area (Å²) in [5.41, 5.74) is 3.25. The molecule has 1 aromatic carbocycles. The molecule has 1 aromatic heterocycles. The van der Waals surface area contributed by atoms with E-state index in [9.17, 15) is 14.7 Å². The van der Waals surface area contributed by atoms with Gasteiger partial charge in [-0.2, -0.15) is 0 Å². The number of pyridine rings is 1. The topological polar surface area (TPSA) is 74.9 Å². The van der Waals surface area contributed by atoms with Crippen LogP contribution in [0.25, 0.3) is 5.76 Å². The summed E-state index contributed by atoms with van der Waals surface area (Å²) in [5, 5.41) is 11.1. The minimum absolute atomic E-state index is 0.126. The van der Waals surface area contributed by atoms with E-state index in [-0.39, 0.29) is 11.3 Å². The Kier molecular flexibility index (Phi) is 6.13. The molecule has 0 saturated carbocycles. The number of carbonyl (C=O) groups is 2. The number of Topliss-reactive ketones (excluding diaryl/α,β-unsaturated/α-hetero) is 1. The van der Waals surface area contributed by atoms with Crippen molar-refractivity contribution < 1.29 is 19.6 Å². The number of quaternary nitrogens is 1. The zero-order valence-electron chi connectivity index (χ0n) is 17.4. The summed E-state index contributed by atoms with van der Waals surface area (Å²) in [6.45, 7) is 5.12. The monoisotopic (exact) mass is 394 g/mol. The smallest absolute Gasteiger partial charge is 0.295 e. The van der Waals surface area contributed by atoms with E-state index in [1.807, 2.05) is 52.2 Å². The van der Waals surface area contributed by atoms with Gasteiger partial charge >= 0.3 is 0 Å². The number of nitrogens with zero attached hydrogens (tertiary/aromatic N) is 2. The van der Waals surface area contributed by atoms with Crippen molar-refractivity contribution in [2.75, 3.05) is 27.2 Å². The summed E-state index contributed by atoms with van der Waals surface area (Å²) >= 11 is 0. The van der Waals surface area contributed by atoms with Crippen LogP contribution in [0.15, 0.2) is 48.3 Å². The molecule has 2 aromatic rings. The summed E-state index contributed by atoms with van der Waals surface area (Å²) in [5.74, 6) is -1.34. The van der Waals surface area contributed by atoms with Gasteiger partial charge in [-0.1, -0.05) is 23.8 Å². The third kappa shape index (κ3) is 4.22. The molecule has 2 heterocycles. The maximum Gasteiger partial charge on any atom is 0.295 e. The number of nitrogens with one attached hydrogen (secondary N) is 1. The van der Waals surface area contributed by atoms with Gasteiger partial charge in [-0.05, 0) is 37.1 Å². The zero-order chi connectivity index (χ0) is 21.1. The molecule has 152 valence electrons. The highest BCUT2D eigenvalue weighted by Gasteiger charge is 2.46. The number of hydrogen-bond donors (Lipinski definition) is 2. The average Bonchev–Trinajstić information content (AvgIpc) is 2.94. The molecule has 0 radical (unpaired) electrons. The fourth-order valence-electron chi connectivity index (χ4n) is 3.73. The lowest BCUT2D eigenvalue weighted by atomic mass is 9.94. The van der Waals surface area contributed by atoms with Gasteiger partial charge in [0.15, 0.2) is 0 Å². The van der Waals surface area contributed by atoms with Crippen LogP contribution in [0.3, 0.4) is 0 Å². The molecular formula is C23H28N3O3+. The lowest BCUT2D eigenvalue weighted by Gasteiger charge is -2.25. The van der Waals surface area contributed by atoms with Crippen molar-refractivity contribution in [3.63, 3.8) is 0 Å². The number of likely N-dealkylation sites (tertiary alicyclic amines) is 1. The van der Waals surface area contributed by atoms with Crippen molar-refractivity contribution >= 4 is 17.4 Å². The van der Waals surface area contributed by atoms with Crippen LogP contribution in [-0.2, 0) is 9.59 Å². The minimum atomic E-state index is -0.644. The Labute approximate surface area is 171 Å². The van der Waals surface area contributed by atoms with Gasteiger partial charge in [0.1, 0.15) is 5.76 Å². The van der Waals surface area contributed by atoms with Crippen LogP contribution in [0, 0.1) is 13.8 Å². The van der Waals surface area contributed by atoms with E-state index in [0.717, 1.165) is 29.7 Å². The Hall–Kier alpha value is -2.99. The first-order chi connectivity index (χ1) is 13.8. The van der Waals surface area contributed by atoms with E-state index in [4.69, 9.17) is 0 Å². The molecule has 3 rings (SSSR count). The number of aliphatic hydroxyl groups excluding tert-OH is 1. The molecule has 1 amide bonds. The number of ketones is 1. The first-order valence-corrected chi connectivity index (χ1v) is 9.86. The lowest BCUT2D eigenvalue weighted by molar-refractivity contribution is -0.858. The summed E-state index contributed by atoms with van der Waals surface area (Å²) < 4.78 is 0. The van der Waals surface area contributed by atoms with Crippen LogP contribution >= 0.6 is 0 Å². The first kappa shape index (κ1) is 20.7. The molecule has 0 unspecified atom stereocenters. The number of carbonyl (C=O) groups excluding carboxylic acids is 2. The van der Waals surface area contributed by atoms with E-state index < -0.39 is 17.7 Å². The van der Waals surface area contributed by atoms with Gasteiger partial charge in [-0.15, -0.1) is 0 Å². The van der Waals surface area contributed by atoms with E-state index >= 15 is 0 Å². The second-order valence-electron chi connectivity index (χ2n) is 7.91. The van der Waals surface area contributed by atoms with Crippen LogP contribution in [0.2, 0.25) is 0 Å². The third-order valence-corrected chi connectivity index (χ3v) is 5.26. The Morgan fingerprint density at radius 2 is 1.97 bits per heavy atom. The molecular weight excluding hydrogens is 366 g/mol. The molecule has 1 aliphatic heterocycles. The van der Waals surface area contributed by atoms with Crippen molar-refractivity contribution in [2.45, 2.75) is 26.3 Å². The minimum Gasteiger partial charge on any atom is -0.507 e. The van der Waals surface area contributed by atoms with Gasteiger partial charge in [0, 0.05) is 30.9 Å². The van der Waals surface area contributed by atoms with E-state index in [0.29, 0.717) is 12.1 Å². The quantitative estimate of drug-likeness (QED) is 0.444. The van der Waals surface area contributed by atoms with E-state index in [1.165, 1.54) is 4.90 Å². The molecule has 1 saturated heterocycles. The van der Waals surface area contributed by atoms with E-state index in [2.05, 4.69) is 4.98 Å². The number of aliphatic hydroxyl groups is 1. The number of hydrogen-bond acceptors (Lipinski definition) is 4. The van der Waals surface area contributed by atoms with Crippen molar-refractivity contribution in [3.8, 4) is 0 Å². The molecule has 1 atom stereocenters. The highest BCUT2D eigenvalue weighted by molar-refractivity contribution is 6.46. The largest absolute Gasteiger partial charge is 0.507 e. The van der Waals surface area contributed by atoms with Gasteiger partial charge in [-0.3, -0.25) is 14.6 Å². The second-order valence-corrected chi connectivity index (χ2v) is 7.91.